The first-order valence-electron chi connectivity index (χ1n) is 4.39. The van der Waals surface area contributed by atoms with Gasteiger partial charge in [0.2, 0.25) is 0 Å². The van der Waals surface area contributed by atoms with Crippen LogP contribution in [0.1, 0.15) is 13.8 Å². The number of hydrogen-bond acceptors (Lipinski definition) is 1. The third-order valence-electron chi connectivity index (χ3n) is 1.50. The second-order valence-electron chi connectivity index (χ2n) is 3.37. The minimum Gasteiger partial charge on any atom is -0.418 e. The van der Waals surface area contributed by atoms with E-state index in [0.717, 1.165) is 24.4 Å². The quantitative estimate of drug-likeness (QED) is 0.305. The van der Waals surface area contributed by atoms with Crippen molar-refractivity contribution >= 4 is 7.25 Å². The van der Waals surface area contributed by atoms with E-state index in [2.05, 4.69) is 21.0 Å². The Morgan fingerprint density at radius 2 is 1.43 bits per heavy atom. The Kier molecular flexibility index (Phi) is 8.14. The van der Waals surface area contributed by atoms with Crippen molar-refractivity contribution in [1.29, 1.82) is 0 Å². The van der Waals surface area contributed by atoms with Gasteiger partial charge in [0.05, 0.1) is 20.6 Å². The van der Waals surface area contributed by atoms with Gasteiger partial charge in [-0.25, -0.2) is 0 Å². The molecular weight excluding hydrogens is 201 g/mol. The van der Waals surface area contributed by atoms with Crippen LogP contribution in [0.4, 0.5) is 17.3 Å². The third-order valence-corrected chi connectivity index (χ3v) is 1.50. The molecular formula is C7H18BF4NO. The molecule has 0 aliphatic heterocycles. The number of quaternary nitrogens is 1. The summed E-state index contributed by atoms with van der Waals surface area (Å²) in [7, 11) is -1.68. The van der Waals surface area contributed by atoms with Crippen molar-refractivity contribution in [1.82, 2.24) is 0 Å². The molecule has 0 heterocycles. The molecule has 0 saturated heterocycles. The molecule has 0 bridgehead atoms. The van der Waals surface area contributed by atoms with E-state index in [1.54, 1.807) is 0 Å². The fourth-order valence-corrected chi connectivity index (χ4v) is 0.430. The maximum Gasteiger partial charge on any atom is 0.673 e. The molecule has 0 N–H and O–H groups in total. The second-order valence-corrected chi connectivity index (χ2v) is 3.37. The van der Waals surface area contributed by atoms with Crippen LogP contribution >= 0.6 is 0 Å². The molecule has 0 fully saturated rings. The molecule has 0 aliphatic carbocycles. The predicted molar refractivity (Wildman–Crippen MR) is 49.3 cm³/mol. The monoisotopic (exact) mass is 219 g/mol. The number of ether oxygens (including phenoxy) is 1. The molecule has 0 aromatic carbocycles. The highest BCUT2D eigenvalue weighted by atomic mass is 19.5. The molecule has 0 spiro atoms. The van der Waals surface area contributed by atoms with Crippen LogP contribution in [0, 0.1) is 0 Å². The van der Waals surface area contributed by atoms with Crippen molar-refractivity contribution in [3.05, 3.63) is 0 Å². The number of rotatable bonds is 4. The third kappa shape index (κ3) is 22.6. The molecule has 0 rings (SSSR count). The molecule has 88 valence electrons. The van der Waals surface area contributed by atoms with E-state index in [0.29, 0.717) is 0 Å². The van der Waals surface area contributed by atoms with Crippen LogP contribution in [-0.4, -0.2) is 45.7 Å². The summed E-state index contributed by atoms with van der Waals surface area (Å²) in [6, 6.07) is 0. The van der Waals surface area contributed by atoms with Gasteiger partial charge in [0.15, 0.2) is 6.73 Å². The Labute approximate surface area is 82.5 Å². The highest BCUT2D eigenvalue weighted by Crippen LogP contribution is 2.06. The Morgan fingerprint density at radius 3 is 1.64 bits per heavy atom. The van der Waals surface area contributed by atoms with Crippen molar-refractivity contribution in [2.75, 3.05) is 34.0 Å². The molecule has 0 unspecified atom stereocenters. The molecule has 14 heavy (non-hydrogen) atoms. The highest BCUT2D eigenvalue weighted by Gasteiger charge is 2.20. The summed E-state index contributed by atoms with van der Waals surface area (Å²) in [5, 5.41) is 0. The van der Waals surface area contributed by atoms with E-state index in [1.807, 2.05) is 6.92 Å². The molecule has 0 aromatic heterocycles. The van der Waals surface area contributed by atoms with Crippen molar-refractivity contribution in [3.63, 3.8) is 0 Å². The molecule has 0 radical (unpaired) electrons. The maximum absolute atomic E-state index is 9.75. The van der Waals surface area contributed by atoms with Crippen LogP contribution in [0.3, 0.4) is 0 Å². The van der Waals surface area contributed by atoms with Gasteiger partial charge in [-0.15, -0.1) is 0 Å². The molecule has 0 aliphatic rings. The van der Waals surface area contributed by atoms with Crippen molar-refractivity contribution < 1.29 is 26.5 Å². The first kappa shape index (κ1) is 16.1. The topological polar surface area (TPSA) is 9.23 Å². The Morgan fingerprint density at radius 1 is 1.07 bits per heavy atom. The lowest BCUT2D eigenvalue weighted by molar-refractivity contribution is -0.907. The lowest BCUT2D eigenvalue weighted by Crippen LogP contribution is -2.41. The van der Waals surface area contributed by atoms with Crippen LogP contribution < -0.4 is 0 Å². The minimum atomic E-state index is -6.00. The molecule has 0 amide bonds. The zero-order valence-corrected chi connectivity index (χ0v) is 9.07. The van der Waals surface area contributed by atoms with E-state index >= 15 is 0 Å². The van der Waals surface area contributed by atoms with Crippen LogP contribution in [0.2, 0.25) is 0 Å². The molecule has 0 atom stereocenters. The number of hydrogen-bond donors (Lipinski definition) is 0. The van der Waals surface area contributed by atoms with Gasteiger partial charge in [0.25, 0.3) is 0 Å². The first-order valence-corrected chi connectivity index (χ1v) is 4.39. The summed E-state index contributed by atoms with van der Waals surface area (Å²) >= 11 is 0. The minimum absolute atomic E-state index is 0.821. The van der Waals surface area contributed by atoms with Crippen molar-refractivity contribution in [2.45, 2.75) is 13.8 Å². The summed E-state index contributed by atoms with van der Waals surface area (Å²) < 4.78 is 45.2. The fourth-order valence-electron chi connectivity index (χ4n) is 0.430. The van der Waals surface area contributed by atoms with Crippen molar-refractivity contribution in [2.24, 2.45) is 0 Å². The lowest BCUT2D eigenvalue weighted by atomic mass is 10.3. The van der Waals surface area contributed by atoms with Gasteiger partial charge < -0.3 is 26.5 Å². The van der Waals surface area contributed by atoms with E-state index in [1.165, 1.54) is 0 Å². The average molecular weight is 219 g/mol. The van der Waals surface area contributed by atoms with Gasteiger partial charge in [-0.2, -0.15) is 0 Å². The van der Waals surface area contributed by atoms with Gasteiger partial charge >= 0.3 is 7.25 Å². The second kappa shape index (κ2) is 7.06. The normalized spacial score (nSPS) is 12.0. The smallest absolute Gasteiger partial charge is 0.418 e. The number of nitrogens with zero attached hydrogens (tertiary/aromatic N) is 1. The fraction of sp³-hybridized carbons (Fsp3) is 1.00. The van der Waals surface area contributed by atoms with E-state index in [4.69, 9.17) is 4.74 Å². The molecule has 7 heteroatoms. The molecule has 2 nitrogen and oxygen atoms in total. The van der Waals surface area contributed by atoms with Gasteiger partial charge in [0, 0.05) is 6.61 Å². The Hall–Kier alpha value is -0.295. The van der Waals surface area contributed by atoms with E-state index < -0.39 is 7.25 Å². The highest BCUT2D eigenvalue weighted by molar-refractivity contribution is 6.50. The van der Waals surface area contributed by atoms with Gasteiger partial charge in [-0.1, -0.05) is 0 Å². The predicted octanol–water partition coefficient (Wildman–Crippen LogP) is 2.38. The Bertz CT molecular complexity index is 134. The summed E-state index contributed by atoms with van der Waals surface area (Å²) in [6.07, 6.45) is 0. The van der Waals surface area contributed by atoms with Gasteiger partial charge in [-0.3, -0.25) is 0 Å². The van der Waals surface area contributed by atoms with Crippen LogP contribution in [0.15, 0.2) is 0 Å². The zero-order chi connectivity index (χ0) is 11.8. The molecule has 0 saturated carbocycles. The largest absolute Gasteiger partial charge is 0.673 e. The van der Waals surface area contributed by atoms with Crippen molar-refractivity contribution in [3.8, 4) is 0 Å². The summed E-state index contributed by atoms with van der Waals surface area (Å²) in [4.78, 5) is 0. The van der Waals surface area contributed by atoms with E-state index in [9.17, 15) is 17.3 Å². The maximum atomic E-state index is 9.75. The van der Waals surface area contributed by atoms with Gasteiger partial charge in [0.1, 0.15) is 0 Å². The first-order chi connectivity index (χ1) is 6.12. The lowest BCUT2D eigenvalue weighted by Gasteiger charge is -2.26. The summed E-state index contributed by atoms with van der Waals surface area (Å²) in [6.45, 7) is 6.96. The van der Waals surface area contributed by atoms with Crippen LogP contribution in [-0.2, 0) is 4.74 Å². The van der Waals surface area contributed by atoms with Crippen LogP contribution in [0.25, 0.3) is 0 Å². The standard InChI is InChI=1S/C7H18NO.BF4/c1-5-8(3,4)7-9-6-2;2-1(3,4)5/h5-7H2,1-4H3;/q+1;-1. The van der Waals surface area contributed by atoms with Gasteiger partial charge in [-0.05, 0) is 13.8 Å². The summed E-state index contributed by atoms with van der Waals surface area (Å²) in [5.74, 6) is 0. The number of halogens is 4. The SMILES string of the molecule is CCOC[N+](C)(C)CC.F[B-](F)(F)F. The zero-order valence-electron chi connectivity index (χ0n) is 9.07. The van der Waals surface area contributed by atoms with Crippen LogP contribution in [0.5, 0.6) is 0 Å². The molecule has 0 aromatic rings. The Balaban J connectivity index is 0. The van der Waals surface area contributed by atoms with E-state index in [-0.39, 0.29) is 0 Å². The summed E-state index contributed by atoms with van der Waals surface area (Å²) in [5.41, 5.74) is 0. The average Bonchev–Trinajstić information content (AvgIpc) is 1.98.